The molecule has 0 spiro atoms. The lowest BCUT2D eigenvalue weighted by atomic mass is 9.99. The standard InChI is InChI=1S/C16H29N5O3S.HI/c1-4-13(5-2)15-11-14(24-20-15)12-19-16(17-3)18-7-9-21-8-6-10-25(21,22)23;/h11,13H,4-10,12H2,1-3H3,(H2,17,18,19);1H. The van der Waals surface area contributed by atoms with Crippen molar-refractivity contribution >= 4 is 40.0 Å². The van der Waals surface area contributed by atoms with Gasteiger partial charge >= 0.3 is 0 Å². The summed E-state index contributed by atoms with van der Waals surface area (Å²) in [5.41, 5.74) is 0.990. The summed E-state index contributed by atoms with van der Waals surface area (Å²) in [6.45, 7) is 6.33. The Bertz CT molecular complexity index is 673. The predicted molar refractivity (Wildman–Crippen MR) is 113 cm³/mol. The number of aromatic nitrogens is 1. The van der Waals surface area contributed by atoms with E-state index in [0.29, 0.717) is 44.5 Å². The van der Waals surface area contributed by atoms with Crippen LogP contribution in [0.5, 0.6) is 0 Å². The highest BCUT2D eigenvalue weighted by Gasteiger charge is 2.27. The van der Waals surface area contributed by atoms with E-state index in [2.05, 4.69) is 34.6 Å². The summed E-state index contributed by atoms with van der Waals surface area (Å²) in [5, 5.41) is 10.4. The number of guanidine groups is 1. The fourth-order valence-corrected chi connectivity index (χ4v) is 4.47. The molecule has 0 amide bonds. The van der Waals surface area contributed by atoms with Crippen LogP contribution in [-0.2, 0) is 16.6 Å². The summed E-state index contributed by atoms with van der Waals surface area (Å²) >= 11 is 0. The second-order valence-corrected chi connectivity index (χ2v) is 8.24. The van der Waals surface area contributed by atoms with Gasteiger partial charge in [-0.15, -0.1) is 24.0 Å². The van der Waals surface area contributed by atoms with Gasteiger partial charge in [-0.05, 0) is 19.3 Å². The highest BCUT2D eigenvalue weighted by atomic mass is 127. The number of nitrogens with one attached hydrogen (secondary N) is 2. The largest absolute Gasteiger partial charge is 0.359 e. The Morgan fingerprint density at radius 1 is 1.38 bits per heavy atom. The van der Waals surface area contributed by atoms with Crippen LogP contribution in [0.4, 0.5) is 0 Å². The summed E-state index contributed by atoms with van der Waals surface area (Å²) < 4.78 is 30.4. The first-order valence-electron chi connectivity index (χ1n) is 8.88. The summed E-state index contributed by atoms with van der Waals surface area (Å²) in [7, 11) is -1.37. The Morgan fingerprint density at radius 3 is 2.69 bits per heavy atom. The molecule has 150 valence electrons. The van der Waals surface area contributed by atoms with Gasteiger partial charge in [0.1, 0.15) is 0 Å². The van der Waals surface area contributed by atoms with Crippen molar-refractivity contribution < 1.29 is 12.9 Å². The smallest absolute Gasteiger partial charge is 0.214 e. The average molecular weight is 499 g/mol. The van der Waals surface area contributed by atoms with Crippen LogP contribution in [0.1, 0.15) is 50.5 Å². The molecule has 26 heavy (non-hydrogen) atoms. The van der Waals surface area contributed by atoms with E-state index in [1.54, 1.807) is 7.05 Å². The minimum absolute atomic E-state index is 0. The molecule has 2 rings (SSSR count). The Labute approximate surface area is 173 Å². The maximum absolute atomic E-state index is 11.8. The van der Waals surface area contributed by atoms with Crippen LogP contribution < -0.4 is 10.6 Å². The van der Waals surface area contributed by atoms with E-state index in [1.807, 2.05) is 6.07 Å². The lowest BCUT2D eigenvalue weighted by molar-refractivity contribution is 0.368. The van der Waals surface area contributed by atoms with Gasteiger partial charge in [0.15, 0.2) is 11.7 Å². The molecule has 1 aromatic rings. The quantitative estimate of drug-likeness (QED) is 0.322. The fourth-order valence-electron chi connectivity index (χ4n) is 2.94. The van der Waals surface area contributed by atoms with Gasteiger partial charge in [-0.3, -0.25) is 4.99 Å². The molecule has 2 N–H and O–H groups in total. The van der Waals surface area contributed by atoms with Crippen molar-refractivity contribution in [1.82, 2.24) is 20.1 Å². The highest BCUT2D eigenvalue weighted by Crippen LogP contribution is 2.22. The minimum Gasteiger partial charge on any atom is -0.359 e. The first-order chi connectivity index (χ1) is 12.0. The highest BCUT2D eigenvalue weighted by molar-refractivity contribution is 14.0. The van der Waals surface area contributed by atoms with Gasteiger partial charge < -0.3 is 15.2 Å². The summed E-state index contributed by atoms with van der Waals surface area (Å²) in [6.07, 6.45) is 2.79. The molecule has 0 bridgehead atoms. The SMILES string of the molecule is CCC(CC)c1cc(CNC(=NC)NCCN2CCCS2(=O)=O)on1.I. The van der Waals surface area contributed by atoms with E-state index >= 15 is 0 Å². The van der Waals surface area contributed by atoms with E-state index in [9.17, 15) is 8.42 Å². The second kappa shape index (κ2) is 11.1. The van der Waals surface area contributed by atoms with Crippen molar-refractivity contribution in [3.8, 4) is 0 Å². The average Bonchev–Trinajstić information content (AvgIpc) is 3.18. The fraction of sp³-hybridized carbons (Fsp3) is 0.750. The van der Waals surface area contributed by atoms with E-state index in [-0.39, 0.29) is 29.7 Å². The van der Waals surface area contributed by atoms with Crippen molar-refractivity contribution in [2.45, 2.75) is 45.6 Å². The molecule has 0 atom stereocenters. The predicted octanol–water partition coefficient (Wildman–Crippen LogP) is 1.90. The molecule has 0 saturated carbocycles. The van der Waals surface area contributed by atoms with Gasteiger partial charge in [-0.2, -0.15) is 0 Å². The van der Waals surface area contributed by atoms with E-state index in [1.165, 1.54) is 4.31 Å². The van der Waals surface area contributed by atoms with Crippen molar-refractivity contribution in [1.29, 1.82) is 0 Å². The third kappa shape index (κ3) is 6.38. The normalized spacial score (nSPS) is 17.3. The molecule has 0 aliphatic carbocycles. The molecule has 1 saturated heterocycles. The molecule has 1 aromatic heterocycles. The number of rotatable bonds is 8. The summed E-state index contributed by atoms with van der Waals surface area (Å²) in [4.78, 5) is 4.14. The first-order valence-corrected chi connectivity index (χ1v) is 10.5. The van der Waals surface area contributed by atoms with Gasteiger partial charge in [0.05, 0.1) is 18.0 Å². The van der Waals surface area contributed by atoms with Crippen LogP contribution >= 0.6 is 24.0 Å². The van der Waals surface area contributed by atoms with Crippen LogP contribution in [0, 0.1) is 0 Å². The van der Waals surface area contributed by atoms with Crippen LogP contribution in [0.25, 0.3) is 0 Å². The second-order valence-electron chi connectivity index (χ2n) is 6.15. The Balaban J connectivity index is 0.00000338. The van der Waals surface area contributed by atoms with Crippen LogP contribution in [0.3, 0.4) is 0 Å². The number of halogens is 1. The maximum atomic E-state index is 11.8. The molecular formula is C16H30IN5O3S. The Morgan fingerprint density at radius 2 is 2.12 bits per heavy atom. The van der Waals surface area contributed by atoms with Gasteiger partial charge in [0.2, 0.25) is 10.0 Å². The molecule has 1 aliphatic heterocycles. The molecular weight excluding hydrogens is 469 g/mol. The monoisotopic (exact) mass is 499 g/mol. The molecule has 1 aliphatic rings. The molecule has 10 heteroatoms. The Kier molecular flexibility index (Phi) is 9.86. The Hall–Kier alpha value is -0.880. The zero-order chi connectivity index (χ0) is 18.3. The van der Waals surface area contributed by atoms with Crippen LogP contribution in [0.2, 0.25) is 0 Å². The molecule has 2 heterocycles. The number of aliphatic imine (C=N–C) groups is 1. The van der Waals surface area contributed by atoms with E-state index in [0.717, 1.165) is 24.3 Å². The summed E-state index contributed by atoms with van der Waals surface area (Å²) in [5.74, 6) is 2.05. The van der Waals surface area contributed by atoms with Gasteiger partial charge in [0.25, 0.3) is 0 Å². The third-order valence-corrected chi connectivity index (χ3v) is 6.45. The maximum Gasteiger partial charge on any atom is 0.214 e. The number of hydrogen-bond donors (Lipinski definition) is 2. The lowest BCUT2D eigenvalue weighted by Gasteiger charge is -2.16. The van der Waals surface area contributed by atoms with Crippen molar-refractivity contribution in [2.75, 3.05) is 32.4 Å². The first kappa shape index (κ1) is 23.2. The minimum atomic E-state index is -3.05. The van der Waals surface area contributed by atoms with Gasteiger partial charge in [-0.25, -0.2) is 12.7 Å². The van der Waals surface area contributed by atoms with E-state index in [4.69, 9.17) is 4.52 Å². The van der Waals surface area contributed by atoms with Crippen LogP contribution in [-0.4, -0.2) is 56.3 Å². The molecule has 0 radical (unpaired) electrons. The topological polar surface area (TPSA) is 99.8 Å². The third-order valence-electron chi connectivity index (χ3n) is 4.49. The van der Waals surface area contributed by atoms with Crippen LogP contribution in [0.15, 0.2) is 15.6 Å². The molecule has 0 unspecified atom stereocenters. The van der Waals surface area contributed by atoms with Gasteiger partial charge in [-0.1, -0.05) is 19.0 Å². The van der Waals surface area contributed by atoms with E-state index < -0.39 is 10.0 Å². The van der Waals surface area contributed by atoms with Crippen molar-refractivity contribution in [3.05, 3.63) is 17.5 Å². The molecule has 8 nitrogen and oxygen atoms in total. The zero-order valence-electron chi connectivity index (χ0n) is 15.7. The number of nitrogens with zero attached hydrogens (tertiary/aromatic N) is 3. The zero-order valence-corrected chi connectivity index (χ0v) is 18.8. The molecule has 1 fully saturated rings. The number of hydrogen-bond acceptors (Lipinski definition) is 5. The lowest BCUT2D eigenvalue weighted by Crippen LogP contribution is -2.41. The summed E-state index contributed by atoms with van der Waals surface area (Å²) in [6, 6.07) is 1.98. The number of sulfonamides is 1. The van der Waals surface area contributed by atoms with Crippen molar-refractivity contribution in [3.63, 3.8) is 0 Å². The van der Waals surface area contributed by atoms with Gasteiger partial charge in [0, 0.05) is 38.7 Å². The molecule has 0 aromatic carbocycles. The van der Waals surface area contributed by atoms with Crippen molar-refractivity contribution in [2.24, 2.45) is 4.99 Å².